The first kappa shape index (κ1) is 9.08. The van der Waals surface area contributed by atoms with Crippen molar-refractivity contribution in [3.8, 4) is 0 Å². The van der Waals surface area contributed by atoms with Crippen LogP contribution in [0, 0.1) is 0 Å². The highest BCUT2D eigenvalue weighted by atomic mass is 15.1. The first-order chi connectivity index (χ1) is 7.34. The standard InChI is InChI=1S/C13H18N2/c14-12-6-5-11(10-3-4-10)9-13(12)15-7-1-2-8-15/h5-6,9-10H,1-4,7-8,14H2. The lowest BCUT2D eigenvalue weighted by Crippen LogP contribution is -2.19. The van der Waals surface area contributed by atoms with Crippen molar-refractivity contribution >= 4 is 11.4 Å². The van der Waals surface area contributed by atoms with Crippen LogP contribution in [0.2, 0.25) is 0 Å². The molecule has 1 saturated carbocycles. The Hall–Kier alpha value is -1.18. The van der Waals surface area contributed by atoms with Gasteiger partial charge >= 0.3 is 0 Å². The number of hydrogen-bond acceptors (Lipinski definition) is 2. The van der Waals surface area contributed by atoms with Gasteiger partial charge in [0.25, 0.3) is 0 Å². The highest BCUT2D eigenvalue weighted by Crippen LogP contribution is 2.42. The van der Waals surface area contributed by atoms with Gasteiger partial charge in [-0.05, 0) is 49.3 Å². The lowest BCUT2D eigenvalue weighted by molar-refractivity contribution is 0.949. The highest BCUT2D eigenvalue weighted by molar-refractivity contribution is 5.69. The van der Waals surface area contributed by atoms with Gasteiger partial charge in [-0.15, -0.1) is 0 Å². The van der Waals surface area contributed by atoms with Crippen molar-refractivity contribution in [3.05, 3.63) is 23.8 Å². The molecule has 0 spiro atoms. The smallest absolute Gasteiger partial charge is 0.0602 e. The molecule has 0 unspecified atom stereocenters. The highest BCUT2D eigenvalue weighted by Gasteiger charge is 2.25. The minimum absolute atomic E-state index is 0.826. The van der Waals surface area contributed by atoms with Crippen LogP contribution in [0.5, 0.6) is 0 Å². The van der Waals surface area contributed by atoms with Crippen molar-refractivity contribution < 1.29 is 0 Å². The van der Waals surface area contributed by atoms with Gasteiger partial charge in [0.15, 0.2) is 0 Å². The molecular weight excluding hydrogens is 184 g/mol. The van der Waals surface area contributed by atoms with Crippen LogP contribution in [0.3, 0.4) is 0 Å². The van der Waals surface area contributed by atoms with Crippen LogP contribution < -0.4 is 10.6 Å². The van der Waals surface area contributed by atoms with Gasteiger partial charge in [-0.2, -0.15) is 0 Å². The summed E-state index contributed by atoms with van der Waals surface area (Å²) in [4.78, 5) is 2.43. The van der Waals surface area contributed by atoms with Gasteiger partial charge in [0, 0.05) is 13.1 Å². The van der Waals surface area contributed by atoms with Gasteiger partial charge in [-0.1, -0.05) is 6.07 Å². The third-order valence-corrected chi connectivity index (χ3v) is 3.55. The fourth-order valence-electron chi connectivity index (χ4n) is 2.46. The molecule has 1 aromatic carbocycles. The molecule has 0 bridgehead atoms. The summed E-state index contributed by atoms with van der Waals surface area (Å²) in [6, 6.07) is 6.60. The van der Waals surface area contributed by atoms with Crippen molar-refractivity contribution in [1.82, 2.24) is 0 Å². The van der Waals surface area contributed by atoms with Crippen molar-refractivity contribution in [3.63, 3.8) is 0 Å². The average molecular weight is 202 g/mol. The average Bonchev–Trinajstić information content (AvgIpc) is 2.95. The summed E-state index contributed by atoms with van der Waals surface area (Å²) in [5.74, 6) is 0.826. The second-order valence-electron chi connectivity index (χ2n) is 4.79. The summed E-state index contributed by atoms with van der Waals surface area (Å²) in [5.41, 5.74) is 9.76. The zero-order valence-corrected chi connectivity index (χ0v) is 9.08. The Bertz CT molecular complexity index is 363. The van der Waals surface area contributed by atoms with Crippen LogP contribution in [-0.2, 0) is 0 Å². The summed E-state index contributed by atoms with van der Waals surface area (Å²) in [6.07, 6.45) is 5.35. The Balaban J connectivity index is 1.93. The van der Waals surface area contributed by atoms with E-state index in [1.807, 2.05) is 0 Å². The third-order valence-electron chi connectivity index (χ3n) is 3.55. The molecule has 1 aromatic rings. The van der Waals surface area contributed by atoms with E-state index in [2.05, 4.69) is 23.1 Å². The number of nitrogens with zero attached hydrogens (tertiary/aromatic N) is 1. The molecule has 2 heteroatoms. The second kappa shape index (κ2) is 3.44. The van der Waals surface area contributed by atoms with Gasteiger partial charge in [0.05, 0.1) is 11.4 Å². The number of nitrogen functional groups attached to an aromatic ring is 1. The van der Waals surface area contributed by atoms with Crippen LogP contribution in [0.1, 0.15) is 37.2 Å². The third kappa shape index (κ3) is 1.69. The van der Waals surface area contributed by atoms with Crippen molar-refractivity contribution in [2.45, 2.75) is 31.6 Å². The molecule has 0 amide bonds. The van der Waals surface area contributed by atoms with E-state index in [1.54, 1.807) is 0 Å². The molecule has 0 atom stereocenters. The summed E-state index contributed by atoms with van der Waals surface area (Å²) >= 11 is 0. The maximum absolute atomic E-state index is 6.05. The molecule has 80 valence electrons. The van der Waals surface area contributed by atoms with Crippen LogP contribution in [0.15, 0.2) is 18.2 Å². The summed E-state index contributed by atoms with van der Waals surface area (Å²) < 4.78 is 0. The van der Waals surface area contributed by atoms with Crippen molar-refractivity contribution in [2.24, 2.45) is 0 Å². The van der Waals surface area contributed by atoms with Gasteiger partial charge in [0.1, 0.15) is 0 Å². The molecule has 1 aliphatic carbocycles. The Morgan fingerprint density at radius 1 is 1.13 bits per heavy atom. The lowest BCUT2D eigenvalue weighted by Gasteiger charge is -2.20. The quantitative estimate of drug-likeness (QED) is 0.747. The van der Waals surface area contributed by atoms with E-state index in [9.17, 15) is 0 Å². The Kier molecular flexibility index (Phi) is 2.08. The van der Waals surface area contributed by atoms with Gasteiger partial charge in [-0.3, -0.25) is 0 Å². The first-order valence-corrected chi connectivity index (χ1v) is 5.99. The Labute approximate surface area is 91.1 Å². The van der Waals surface area contributed by atoms with Crippen LogP contribution in [0.4, 0.5) is 11.4 Å². The van der Waals surface area contributed by atoms with Gasteiger partial charge in [-0.25, -0.2) is 0 Å². The minimum Gasteiger partial charge on any atom is -0.397 e. The molecule has 2 N–H and O–H groups in total. The number of anilines is 2. The van der Waals surface area contributed by atoms with E-state index in [0.717, 1.165) is 11.6 Å². The zero-order valence-electron chi connectivity index (χ0n) is 9.08. The fraction of sp³-hybridized carbons (Fsp3) is 0.538. The Morgan fingerprint density at radius 2 is 1.87 bits per heavy atom. The van der Waals surface area contributed by atoms with Crippen LogP contribution in [0.25, 0.3) is 0 Å². The topological polar surface area (TPSA) is 29.3 Å². The van der Waals surface area contributed by atoms with E-state index in [-0.39, 0.29) is 0 Å². The number of rotatable bonds is 2. The molecule has 3 rings (SSSR count). The molecule has 2 aliphatic rings. The van der Waals surface area contributed by atoms with Gasteiger partial charge < -0.3 is 10.6 Å². The predicted molar refractivity (Wildman–Crippen MR) is 64.3 cm³/mol. The largest absolute Gasteiger partial charge is 0.397 e. The van der Waals surface area contributed by atoms with E-state index < -0.39 is 0 Å². The minimum atomic E-state index is 0.826. The van der Waals surface area contributed by atoms with Crippen LogP contribution >= 0.6 is 0 Å². The molecule has 2 fully saturated rings. The fourth-order valence-corrected chi connectivity index (χ4v) is 2.46. The normalized spacial score (nSPS) is 20.9. The second-order valence-corrected chi connectivity index (χ2v) is 4.79. The van der Waals surface area contributed by atoms with E-state index in [1.165, 1.54) is 50.0 Å². The number of nitrogens with two attached hydrogens (primary N) is 1. The monoisotopic (exact) mass is 202 g/mol. The summed E-state index contributed by atoms with van der Waals surface area (Å²) in [6.45, 7) is 2.36. The molecule has 1 aliphatic heterocycles. The maximum Gasteiger partial charge on any atom is 0.0602 e. The molecule has 0 radical (unpaired) electrons. The van der Waals surface area contributed by atoms with Crippen molar-refractivity contribution in [2.75, 3.05) is 23.7 Å². The van der Waals surface area contributed by atoms with E-state index >= 15 is 0 Å². The molecule has 1 heterocycles. The lowest BCUT2D eigenvalue weighted by atomic mass is 10.1. The zero-order chi connectivity index (χ0) is 10.3. The Morgan fingerprint density at radius 3 is 2.53 bits per heavy atom. The predicted octanol–water partition coefficient (Wildman–Crippen LogP) is 2.75. The molecule has 2 nitrogen and oxygen atoms in total. The van der Waals surface area contributed by atoms with Crippen LogP contribution in [-0.4, -0.2) is 13.1 Å². The SMILES string of the molecule is Nc1ccc(C2CC2)cc1N1CCCC1. The van der Waals surface area contributed by atoms with Crippen molar-refractivity contribution in [1.29, 1.82) is 0 Å². The van der Waals surface area contributed by atoms with Gasteiger partial charge in [0.2, 0.25) is 0 Å². The van der Waals surface area contributed by atoms with E-state index in [4.69, 9.17) is 5.73 Å². The van der Waals surface area contributed by atoms with E-state index in [0.29, 0.717) is 0 Å². The molecule has 1 saturated heterocycles. The molecular formula is C13H18N2. The first-order valence-electron chi connectivity index (χ1n) is 5.99. The summed E-state index contributed by atoms with van der Waals surface area (Å²) in [5, 5.41) is 0. The number of benzene rings is 1. The maximum atomic E-state index is 6.05. The molecule has 0 aromatic heterocycles. The number of hydrogen-bond donors (Lipinski definition) is 1. The molecule has 15 heavy (non-hydrogen) atoms. The summed E-state index contributed by atoms with van der Waals surface area (Å²) in [7, 11) is 0.